The zero-order valence-electron chi connectivity index (χ0n) is 12.3. The van der Waals surface area contributed by atoms with Crippen LogP contribution < -0.4 is 5.32 Å². The second-order valence-corrected chi connectivity index (χ2v) is 6.60. The second-order valence-electron chi connectivity index (χ2n) is 5.54. The molecule has 6 heteroatoms. The zero-order chi connectivity index (χ0) is 15.5. The third-order valence-electron chi connectivity index (χ3n) is 4.07. The summed E-state index contributed by atoms with van der Waals surface area (Å²) in [4.78, 5) is 27.9. The van der Waals surface area contributed by atoms with Gasteiger partial charge in [-0.05, 0) is 31.8 Å². The topological polar surface area (TPSA) is 79.3 Å². The van der Waals surface area contributed by atoms with Gasteiger partial charge in [-0.15, -0.1) is 11.3 Å². The number of amides is 1. The molecule has 21 heavy (non-hydrogen) atoms. The summed E-state index contributed by atoms with van der Waals surface area (Å²) in [5, 5.41) is 15.0. The van der Waals surface area contributed by atoms with Crippen molar-refractivity contribution in [3.8, 4) is 0 Å². The van der Waals surface area contributed by atoms with Crippen LogP contribution in [0.4, 0.5) is 0 Å². The molecule has 1 aromatic rings. The number of aromatic nitrogens is 1. The minimum absolute atomic E-state index is 0.0670. The number of thiazole rings is 1. The molecule has 2 unspecified atom stereocenters. The van der Waals surface area contributed by atoms with Gasteiger partial charge >= 0.3 is 5.97 Å². The van der Waals surface area contributed by atoms with E-state index in [1.807, 2.05) is 19.2 Å². The van der Waals surface area contributed by atoms with Crippen molar-refractivity contribution in [2.75, 3.05) is 0 Å². The molecule has 114 valence electrons. The summed E-state index contributed by atoms with van der Waals surface area (Å²) in [6, 6.07) is 0. The van der Waals surface area contributed by atoms with Crippen molar-refractivity contribution in [1.29, 1.82) is 0 Å². The smallest absolute Gasteiger partial charge is 0.329 e. The van der Waals surface area contributed by atoms with Crippen molar-refractivity contribution in [3.05, 3.63) is 22.2 Å². The van der Waals surface area contributed by atoms with Gasteiger partial charge in [0, 0.05) is 11.5 Å². The first-order valence-electron chi connectivity index (χ1n) is 7.10. The average Bonchev–Trinajstić information content (AvgIpc) is 2.85. The summed E-state index contributed by atoms with van der Waals surface area (Å²) >= 11 is 1.51. The van der Waals surface area contributed by atoms with Gasteiger partial charge in [0.25, 0.3) is 0 Å². The van der Waals surface area contributed by atoms with E-state index < -0.39 is 11.5 Å². The highest BCUT2D eigenvalue weighted by atomic mass is 32.1. The molecule has 2 N–H and O–H groups in total. The molecule has 0 radical (unpaired) electrons. The first-order chi connectivity index (χ1) is 9.94. The molecular formula is C15H20N2O3S. The lowest BCUT2D eigenvalue weighted by molar-refractivity contribution is -0.151. The Labute approximate surface area is 128 Å². The maximum Gasteiger partial charge on any atom is 0.329 e. The van der Waals surface area contributed by atoms with Gasteiger partial charge in [-0.25, -0.2) is 9.78 Å². The Hall–Kier alpha value is -1.69. The highest BCUT2D eigenvalue weighted by Crippen LogP contribution is 2.34. The molecule has 5 nitrogen and oxygen atoms in total. The Morgan fingerprint density at radius 3 is 2.86 bits per heavy atom. The number of aryl methyl sites for hydroxylation is 1. The molecule has 0 bridgehead atoms. The van der Waals surface area contributed by atoms with Gasteiger partial charge in [-0.1, -0.05) is 19.8 Å². The van der Waals surface area contributed by atoms with E-state index in [1.54, 1.807) is 6.08 Å². The van der Waals surface area contributed by atoms with Crippen LogP contribution in [-0.2, 0) is 9.59 Å². The van der Waals surface area contributed by atoms with Crippen molar-refractivity contribution in [2.45, 2.75) is 45.1 Å². The molecule has 1 saturated carbocycles. The van der Waals surface area contributed by atoms with Crippen molar-refractivity contribution in [2.24, 2.45) is 5.92 Å². The normalized spacial score (nSPS) is 25.9. The number of hydrogen-bond donors (Lipinski definition) is 2. The molecule has 1 aliphatic carbocycles. The number of rotatable bonds is 4. The van der Waals surface area contributed by atoms with Gasteiger partial charge < -0.3 is 10.4 Å². The van der Waals surface area contributed by atoms with E-state index in [-0.39, 0.29) is 11.8 Å². The van der Waals surface area contributed by atoms with Crippen molar-refractivity contribution in [3.63, 3.8) is 0 Å². The Bertz CT molecular complexity index is 567. The summed E-state index contributed by atoms with van der Waals surface area (Å²) in [6.07, 6.45) is 6.12. The fraction of sp³-hybridized carbons (Fsp3) is 0.533. The molecule has 1 fully saturated rings. The maximum absolute atomic E-state index is 12.1. The summed E-state index contributed by atoms with van der Waals surface area (Å²) in [5.74, 6) is -1.39. The molecule has 2 atom stereocenters. The van der Waals surface area contributed by atoms with Crippen LogP contribution >= 0.6 is 11.3 Å². The van der Waals surface area contributed by atoms with E-state index in [0.717, 1.165) is 24.3 Å². The van der Waals surface area contributed by atoms with Gasteiger partial charge in [-0.3, -0.25) is 4.79 Å². The highest BCUT2D eigenvalue weighted by molar-refractivity contribution is 7.09. The lowest BCUT2D eigenvalue weighted by Gasteiger charge is -2.39. The first kappa shape index (κ1) is 15.7. The number of carbonyl (C=O) groups excluding carboxylic acids is 1. The Balaban J connectivity index is 2.08. The monoisotopic (exact) mass is 308 g/mol. The Morgan fingerprint density at radius 1 is 1.52 bits per heavy atom. The van der Waals surface area contributed by atoms with Gasteiger partial charge in [0.2, 0.25) is 5.91 Å². The number of carboxylic acids is 1. The predicted octanol–water partition coefficient (Wildman–Crippen LogP) is 2.61. The summed E-state index contributed by atoms with van der Waals surface area (Å²) in [7, 11) is 0. The van der Waals surface area contributed by atoms with Crippen LogP contribution in [0, 0.1) is 12.8 Å². The van der Waals surface area contributed by atoms with E-state index >= 15 is 0 Å². The minimum Gasteiger partial charge on any atom is -0.479 e. The lowest BCUT2D eigenvalue weighted by Crippen LogP contribution is -2.59. The summed E-state index contributed by atoms with van der Waals surface area (Å²) < 4.78 is 0. The van der Waals surface area contributed by atoms with Crippen molar-refractivity contribution in [1.82, 2.24) is 10.3 Å². The second kappa shape index (κ2) is 6.39. The first-order valence-corrected chi connectivity index (χ1v) is 7.98. The highest BCUT2D eigenvalue weighted by Gasteiger charge is 2.45. The molecular weight excluding hydrogens is 288 g/mol. The number of aliphatic carboxylic acids is 1. The van der Waals surface area contributed by atoms with Gasteiger partial charge in [-0.2, -0.15) is 0 Å². The fourth-order valence-electron chi connectivity index (χ4n) is 2.78. The van der Waals surface area contributed by atoms with Crippen LogP contribution in [0.15, 0.2) is 11.5 Å². The molecule has 2 rings (SSSR count). The number of nitrogens with one attached hydrogen (secondary N) is 1. The molecule has 0 saturated heterocycles. The number of carbonyl (C=O) groups is 2. The summed E-state index contributed by atoms with van der Waals surface area (Å²) in [6.45, 7) is 3.78. The van der Waals surface area contributed by atoms with Gasteiger partial charge in [0.05, 0.1) is 10.7 Å². The van der Waals surface area contributed by atoms with Crippen LogP contribution in [-0.4, -0.2) is 27.5 Å². The molecule has 0 aliphatic heterocycles. The third-order valence-corrected chi connectivity index (χ3v) is 4.86. The minimum atomic E-state index is -1.14. The predicted molar refractivity (Wildman–Crippen MR) is 82.0 cm³/mol. The third kappa shape index (κ3) is 3.50. The molecule has 1 amide bonds. The van der Waals surface area contributed by atoms with Gasteiger partial charge in [0.15, 0.2) is 0 Å². The fourth-order valence-corrected chi connectivity index (χ4v) is 3.36. The van der Waals surface area contributed by atoms with Crippen LogP contribution in [0.25, 0.3) is 6.08 Å². The number of carboxylic acid groups (broad SMARTS) is 1. The van der Waals surface area contributed by atoms with E-state index in [4.69, 9.17) is 0 Å². The summed E-state index contributed by atoms with van der Waals surface area (Å²) in [5.41, 5.74) is -0.425. The van der Waals surface area contributed by atoms with E-state index in [9.17, 15) is 14.7 Å². The zero-order valence-corrected chi connectivity index (χ0v) is 13.1. The molecule has 1 aliphatic rings. The van der Waals surface area contributed by atoms with Crippen LogP contribution in [0.1, 0.15) is 43.3 Å². The largest absolute Gasteiger partial charge is 0.479 e. The number of hydrogen-bond acceptors (Lipinski definition) is 4. The van der Waals surface area contributed by atoms with Crippen molar-refractivity contribution >= 4 is 29.3 Å². The van der Waals surface area contributed by atoms with E-state index in [1.165, 1.54) is 17.4 Å². The lowest BCUT2D eigenvalue weighted by atomic mass is 9.73. The molecule has 1 aromatic heterocycles. The Morgan fingerprint density at radius 2 is 2.29 bits per heavy atom. The quantitative estimate of drug-likeness (QED) is 0.838. The molecule has 0 spiro atoms. The SMILES string of the molecule is Cc1nc(C=CC(=O)NC2(C(=O)O)CCCCC2C)cs1. The van der Waals surface area contributed by atoms with Crippen LogP contribution in [0.5, 0.6) is 0 Å². The Kier molecular flexibility index (Phi) is 4.77. The maximum atomic E-state index is 12.1. The van der Waals surface area contributed by atoms with Crippen LogP contribution in [0.3, 0.4) is 0 Å². The van der Waals surface area contributed by atoms with Gasteiger partial charge in [0.1, 0.15) is 5.54 Å². The van der Waals surface area contributed by atoms with Crippen LogP contribution in [0.2, 0.25) is 0 Å². The standard InChI is InChI=1S/C15H20N2O3S/c1-10-5-3-4-8-15(10,14(19)20)17-13(18)7-6-12-9-21-11(2)16-12/h6-7,9-10H,3-5,8H2,1-2H3,(H,17,18)(H,19,20). The molecule has 1 heterocycles. The number of nitrogens with zero attached hydrogens (tertiary/aromatic N) is 1. The van der Waals surface area contributed by atoms with E-state index in [0.29, 0.717) is 12.1 Å². The molecule has 0 aromatic carbocycles. The van der Waals surface area contributed by atoms with E-state index in [2.05, 4.69) is 10.3 Å². The average molecular weight is 308 g/mol. The van der Waals surface area contributed by atoms with Crippen molar-refractivity contribution < 1.29 is 14.7 Å².